The first-order valence-electron chi connectivity index (χ1n) is 7.30. The van der Waals surface area contributed by atoms with Gasteiger partial charge in [0, 0.05) is 26.2 Å². The van der Waals surface area contributed by atoms with Crippen LogP contribution in [0.2, 0.25) is 0 Å². The molecule has 1 atom stereocenters. The molecule has 1 heterocycles. The third-order valence-corrected chi connectivity index (χ3v) is 3.26. The number of carbonyl (C=O) groups is 2. The molecule has 0 aliphatic carbocycles. The van der Waals surface area contributed by atoms with Gasteiger partial charge in [0.2, 0.25) is 0 Å². The molecule has 7 nitrogen and oxygen atoms in total. The Kier molecular flexibility index (Phi) is 6.42. The van der Waals surface area contributed by atoms with Crippen LogP contribution in [-0.4, -0.2) is 76.5 Å². The van der Waals surface area contributed by atoms with E-state index >= 15 is 0 Å². The lowest BCUT2D eigenvalue weighted by atomic mass is 10.2. The van der Waals surface area contributed by atoms with Crippen molar-refractivity contribution in [2.45, 2.75) is 45.3 Å². The maximum Gasteiger partial charge on any atom is 0.410 e. The topological polar surface area (TPSA) is 90.3 Å². The van der Waals surface area contributed by atoms with Crippen molar-refractivity contribution >= 4 is 12.1 Å². The summed E-state index contributed by atoms with van der Waals surface area (Å²) < 4.78 is 5.32. The van der Waals surface area contributed by atoms with E-state index < -0.39 is 17.7 Å². The van der Waals surface area contributed by atoms with E-state index in [9.17, 15) is 14.7 Å². The number of nitrogens with zero attached hydrogens (tertiary/aromatic N) is 2. The number of aliphatic hydroxyl groups excluding tert-OH is 1. The summed E-state index contributed by atoms with van der Waals surface area (Å²) in [6, 6.07) is 0. The summed E-state index contributed by atoms with van der Waals surface area (Å²) >= 11 is 0. The number of aliphatic carboxylic acids is 1. The van der Waals surface area contributed by atoms with E-state index in [4.69, 9.17) is 9.84 Å². The number of hydrogen-bond donors (Lipinski definition) is 2. The molecule has 122 valence electrons. The van der Waals surface area contributed by atoms with Crippen LogP contribution in [0.1, 0.15) is 33.6 Å². The number of aliphatic hydroxyl groups is 1. The fraction of sp³-hybridized carbons (Fsp3) is 0.857. The minimum absolute atomic E-state index is 0.252. The molecule has 7 heteroatoms. The number of amides is 1. The summed E-state index contributed by atoms with van der Waals surface area (Å²) in [5, 5.41) is 17.8. The average molecular weight is 302 g/mol. The van der Waals surface area contributed by atoms with E-state index in [0.29, 0.717) is 19.5 Å². The minimum atomic E-state index is -1.28. The van der Waals surface area contributed by atoms with Gasteiger partial charge in [-0.15, -0.1) is 0 Å². The summed E-state index contributed by atoms with van der Waals surface area (Å²) in [5.41, 5.74) is -0.485. The van der Waals surface area contributed by atoms with Crippen LogP contribution in [0, 0.1) is 0 Å². The quantitative estimate of drug-likeness (QED) is 0.779. The molecular weight excluding hydrogens is 276 g/mol. The van der Waals surface area contributed by atoms with Crippen molar-refractivity contribution in [3.05, 3.63) is 0 Å². The molecule has 0 radical (unpaired) electrons. The molecule has 1 aliphatic rings. The van der Waals surface area contributed by atoms with Crippen LogP contribution < -0.4 is 0 Å². The van der Waals surface area contributed by atoms with Gasteiger partial charge in [-0.05, 0) is 40.2 Å². The monoisotopic (exact) mass is 302 g/mol. The highest BCUT2D eigenvalue weighted by Gasteiger charge is 2.25. The molecule has 0 aromatic rings. The second kappa shape index (κ2) is 7.61. The molecule has 2 N–H and O–H groups in total. The van der Waals surface area contributed by atoms with Gasteiger partial charge in [0.1, 0.15) is 5.60 Å². The first-order valence-corrected chi connectivity index (χ1v) is 7.30. The highest BCUT2D eigenvalue weighted by Crippen LogP contribution is 2.12. The zero-order chi connectivity index (χ0) is 16.0. The van der Waals surface area contributed by atoms with Crippen molar-refractivity contribution in [2.75, 3.05) is 32.7 Å². The average Bonchev–Trinajstić information content (AvgIpc) is 2.37. The standard InChI is InChI=1S/C14H26N2O5/c1-14(2,3)21-13(20)16-9-7-15(8-10-16)6-4-5-11(17)12(18)19/h11,17H,4-10H2,1-3H3,(H,18,19). The summed E-state index contributed by atoms with van der Waals surface area (Å²) in [6.07, 6.45) is -0.696. The van der Waals surface area contributed by atoms with Crippen molar-refractivity contribution < 1.29 is 24.5 Å². The Morgan fingerprint density at radius 2 is 1.76 bits per heavy atom. The van der Waals surface area contributed by atoms with Gasteiger partial charge in [0.25, 0.3) is 0 Å². The first kappa shape index (κ1) is 17.7. The van der Waals surface area contributed by atoms with Gasteiger partial charge in [-0.2, -0.15) is 0 Å². The number of carboxylic acids is 1. The molecule has 21 heavy (non-hydrogen) atoms. The van der Waals surface area contributed by atoms with Crippen LogP contribution in [0.4, 0.5) is 4.79 Å². The van der Waals surface area contributed by atoms with Gasteiger partial charge in [0.05, 0.1) is 0 Å². The number of carboxylic acid groups (broad SMARTS) is 1. The zero-order valence-electron chi connectivity index (χ0n) is 13.0. The van der Waals surface area contributed by atoms with Crippen molar-refractivity contribution in [1.82, 2.24) is 9.80 Å². The third kappa shape index (κ3) is 6.77. The molecule has 1 saturated heterocycles. The minimum Gasteiger partial charge on any atom is -0.479 e. The lowest BCUT2D eigenvalue weighted by Crippen LogP contribution is -2.50. The highest BCUT2D eigenvalue weighted by molar-refractivity contribution is 5.71. The smallest absolute Gasteiger partial charge is 0.410 e. The van der Waals surface area contributed by atoms with E-state index in [2.05, 4.69) is 4.90 Å². The summed E-state index contributed by atoms with van der Waals surface area (Å²) in [7, 11) is 0. The van der Waals surface area contributed by atoms with Crippen LogP contribution in [0.15, 0.2) is 0 Å². The van der Waals surface area contributed by atoms with E-state index in [0.717, 1.165) is 19.6 Å². The van der Waals surface area contributed by atoms with Crippen LogP contribution in [-0.2, 0) is 9.53 Å². The normalized spacial score (nSPS) is 18.4. The first-order chi connectivity index (χ1) is 9.69. The molecule has 1 rings (SSSR count). The van der Waals surface area contributed by atoms with Gasteiger partial charge >= 0.3 is 12.1 Å². The van der Waals surface area contributed by atoms with Crippen molar-refractivity contribution in [2.24, 2.45) is 0 Å². The SMILES string of the molecule is CC(C)(C)OC(=O)N1CCN(CCCC(O)C(=O)O)CC1. The van der Waals surface area contributed by atoms with Crippen molar-refractivity contribution in [3.8, 4) is 0 Å². The number of carbonyl (C=O) groups excluding carboxylic acids is 1. The lowest BCUT2D eigenvalue weighted by Gasteiger charge is -2.35. The van der Waals surface area contributed by atoms with Gasteiger partial charge in [-0.25, -0.2) is 9.59 Å². The Morgan fingerprint density at radius 1 is 1.19 bits per heavy atom. The van der Waals surface area contributed by atoms with Gasteiger partial charge in [-0.3, -0.25) is 4.90 Å². The maximum absolute atomic E-state index is 11.9. The largest absolute Gasteiger partial charge is 0.479 e. The van der Waals surface area contributed by atoms with E-state index in [-0.39, 0.29) is 12.5 Å². The number of hydrogen-bond acceptors (Lipinski definition) is 5. The predicted molar refractivity (Wildman–Crippen MR) is 77.1 cm³/mol. The molecule has 1 unspecified atom stereocenters. The molecule has 0 aromatic heterocycles. The Morgan fingerprint density at radius 3 is 2.24 bits per heavy atom. The Balaban J connectivity index is 2.23. The van der Waals surface area contributed by atoms with Gasteiger partial charge < -0.3 is 19.8 Å². The molecule has 0 bridgehead atoms. The second-order valence-electron chi connectivity index (χ2n) is 6.31. The molecule has 1 amide bonds. The lowest BCUT2D eigenvalue weighted by molar-refractivity contribution is -0.147. The van der Waals surface area contributed by atoms with E-state index in [1.54, 1.807) is 4.90 Å². The highest BCUT2D eigenvalue weighted by atomic mass is 16.6. The van der Waals surface area contributed by atoms with Crippen LogP contribution >= 0.6 is 0 Å². The van der Waals surface area contributed by atoms with E-state index in [1.807, 2.05) is 20.8 Å². The molecule has 0 aromatic carbocycles. The summed E-state index contributed by atoms with van der Waals surface area (Å²) in [6.45, 7) is 8.95. The van der Waals surface area contributed by atoms with Crippen LogP contribution in [0.5, 0.6) is 0 Å². The summed E-state index contributed by atoms with van der Waals surface area (Å²) in [4.78, 5) is 26.2. The predicted octanol–water partition coefficient (Wildman–Crippen LogP) is 0.765. The van der Waals surface area contributed by atoms with Crippen LogP contribution in [0.3, 0.4) is 0 Å². The fourth-order valence-electron chi connectivity index (χ4n) is 2.11. The fourth-order valence-corrected chi connectivity index (χ4v) is 2.11. The molecule has 1 fully saturated rings. The third-order valence-electron chi connectivity index (χ3n) is 3.26. The second-order valence-corrected chi connectivity index (χ2v) is 6.31. The number of rotatable bonds is 5. The molecule has 0 spiro atoms. The van der Waals surface area contributed by atoms with Gasteiger partial charge in [0.15, 0.2) is 6.10 Å². The molecule has 1 aliphatic heterocycles. The summed E-state index contributed by atoms with van der Waals surface area (Å²) in [5.74, 6) is -1.18. The molecular formula is C14H26N2O5. The Labute approximate surface area is 125 Å². The Bertz CT molecular complexity index is 359. The number of piperazine rings is 1. The van der Waals surface area contributed by atoms with Crippen LogP contribution in [0.25, 0.3) is 0 Å². The van der Waals surface area contributed by atoms with E-state index in [1.165, 1.54) is 0 Å². The van der Waals surface area contributed by atoms with Crippen molar-refractivity contribution in [3.63, 3.8) is 0 Å². The number of ether oxygens (including phenoxy) is 1. The molecule has 0 saturated carbocycles. The maximum atomic E-state index is 11.9. The Hall–Kier alpha value is -1.34. The zero-order valence-corrected chi connectivity index (χ0v) is 13.0. The van der Waals surface area contributed by atoms with Gasteiger partial charge in [-0.1, -0.05) is 0 Å². The van der Waals surface area contributed by atoms with Crippen molar-refractivity contribution in [1.29, 1.82) is 0 Å².